The summed E-state index contributed by atoms with van der Waals surface area (Å²) in [5.41, 5.74) is 4.09. The number of hydrogen-bond acceptors (Lipinski definition) is 5. The first-order valence-electron chi connectivity index (χ1n) is 10.8. The summed E-state index contributed by atoms with van der Waals surface area (Å²) in [4.78, 5) is 32.1. The monoisotopic (exact) mass is 437 g/mol. The summed E-state index contributed by atoms with van der Waals surface area (Å²) in [6.45, 7) is 7.12. The Balaban J connectivity index is 1.51. The van der Waals surface area contributed by atoms with Crippen molar-refractivity contribution in [2.75, 3.05) is 23.4 Å². The highest BCUT2D eigenvalue weighted by atomic mass is 32.1. The van der Waals surface area contributed by atoms with E-state index >= 15 is 0 Å². The number of hydrogen-bond donors (Lipinski definition) is 1. The van der Waals surface area contributed by atoms with Gasteiger partial charge in [0.05, 0.1) is 22.7 Å². The van der Waals surface area contributed by atoms with Gasteiger partial charge in [-0.3, -0.25) is 9.59 Å². The van der Waals surface area contributed by atoms with E-state index in [2.05, 4.69) is 36.3 Å². The maximum atomic E-state index is 12.9. The summed E-state index contributed by atoms with van der Waals surface area (Å²) in [6.07, 6.45) is 1.91. The van der Waals surface area contributed by atoms with Crippen LogP contribution in [-0.2, 0) is 22.4 Å². The summed E-state index contributed by atoms with van der Waals surface area (Å²) in [6, 6.07) is 11.9. The Morgan fingerprint density at radius 2 is 1.94 bits per heavy atom. The van der Waals surface area contributed by atoms with Crippen LogP contribution in [0.25, 0.3) is 10.2 Å². The third kappa shape index (κ3) is 4.28. The lowest BCUT2D eigenvalue weighted by Crippen LogP contribution is -2.29. The standard InChI is InChI=1S/C24H27N3O3S/c1-4-15-8-7-9-16(5-2)22(15)27-14-17(12-21(27)28)23(29)26-24-25-19-11-10-18(30-6-3)13-20(19)31-24/h7-11,13,17H,4-6,12,14H2,1-3H3,(H,25,26,29). The van der Waals surface area contributed by atoms with E-state index in [-0.39, 0.29) is 18.2 Å². The molecule has 1 unspecified atom stereocenters. The first-order valence-corrected chi connectivity index (χ1v) is 11.6. The Morgan fingerprint density at radius 3 is 2.61 bits per heavy atom. The van der Waals surface area contributed by atoms with Crippen LogP contribution in [0.15, 0.2) is 36.4 Å². The number of fused-ring (bicyclic) bond motifs is 1. The number of para-hydroxylation sites is 1. The smallest absolute Gasteiger partial charge is 0.231 e. The van der Waals surface area contributed by atoms with E-state index in [1.54, 1.807) is 4.90 Å². The number of anilines is 2. The number of carbonyl (C=O) groups excluding carboxylic acids is 2. The fourth-order valence-corrected chi connectivity index (χ4v) is 4.98. The molecule has 162 valence electrons. The second-order valence-electron chi connectivity index (χ2n) is 7.61. The summed E-state index contributed by atoms with van der Waals surface area (Å²) in [7, 11) is 0. The number of carbonyl (C=O) groups is 2. The molecular weight excluding hydrogens is 410 g/mol. The van der Waals surface area contributed by atoms with Crippen LogP contribution in [0.2, 0.25) is 0 Å². The lowest BCUT2D eigenvalue weighted by atomic mass is 10.0. The summed E-state index contributed by atoms with van der Waals surface area (Å²) in [5, 5.41) is 3.47. The molecule has 1 saturated heterocycles. The molecule has 1 aromatic heterocycles. The Morgan fingerprint density at radius 1 is 1.19 bits per heavy atom. The number of aryl methyl sites for hydroxylation is 2. The molecule has 6 nitrogen and oxygen atoms in total. The van der Waals surface area contributed by atoms with Gasteiger partial charge in [-0.15, -0.1) is 0 Å². The van der Waals surface area contributed by atoms with E-state index in [0.717, 1.165) is 45.6 Å². The molecule has 31 heavy (non-hydrogen) atoms. The van der Waals surface area contributed by atoms with Crippen LogP contribution < -0.4 is 15.0 Å². The van der Waals surface area contributed by atoms with Gasteiger partial charge >= 0.3 is 0 Å². The van der Waals surface area contributed by atoms with Crippen molar-refractivity contribution in [3.05, 3.63) is 47.5 Å². The molecule has 0 bridgehead atoms. The van der Waals surface area contributed by atoms with Crippen molar-refractivity contribution in [1.82, 2.24) is 4.98 Å². The summed E-state index contributed by atoms with van der Waals surface area (Å²) in [5.74, 6) is 0.233. The van der Waals surface area contributed by atoms with Crippen molar-refractivity contribution in [2.24, 2.45) is 5.92 Å². The van der Waals surface area contributed by atoms with Crippen LogP contribution in [0.4, 0.5) is 10.8 Å². The second kappa shape index (κ2) is 9.06. The molecule has 2 heterocycles. The molecule has 7 heteroatoms. The van der Waals surface area contributed by atoms with Crippen molar-refractivity contribution in [3.63, 3.8) is 0 Å². The number of rotatable bonds is 7. The molecule has 4 rings (SSSR count). The molecule has 1 aliphatic rings. The normalized spacial score (nSPS) is 16.2. The van der Waals surface area contributed by atoms with Gasteiger partial charge in [-0.25, -0.2) is 4.98 Å². The first-order chi connectivity index (χ1) is 15.0. The molecule has 2 aromatic carbocycles. The van der Waals surface area contributed by atoms with Crippen molar-refractivity contribution in [1.29, 1.82) is 0 Å². The molecule has 1 atom stereocenters. The minimum Gasteiger partial charge on any atom is -0.494 e. The molecule has 1 N–H and O–H groups in total. The predicted octanol–water partition coefficient (Wildman–Crippen LogP) is 4.81. The average Bonchev–Trinajstić information content (AvgIpc) is 3.35. The first kappa shape index (κ1) is 21.3. The van der Waals surface area contributed by atoms with Crippen LogP contribution in [0.5, 0.6) is 5.75 Å². The maximum absolute atomic E-state index is 12.9. The van der Waals surface area contributed by atoms with Crippen molar-refractivity contribution in [3.8, 4) is 5.75 Å². The Bertz CT molecular complexity index is 1100. The van der Waals surface area contributed by atoms with Gasteiger partial charge in [-0.05, 0) is 49.1 Å². The topological polar surface area (TPSA) is 71.5 Å². The van der Waals surface area contributed by atoms with Gasteiger partial charge < -0.3 is 15.0 Å². The van der Waals surface area contributed by atoms with Crippen LogP contribution in [0, 0.1) is 5.92 Å². The van der Waals surface area contributed by atoms with Gasteiger partial charge in [0.1, 0.15) is 5.75 Å². The van der Waals surface area contributed by atoms with Gasteiger partial charge in [-0.2, -0.15) is 0 Å². The second-order valence-corrected chi connectivity index (χ2v) is 8.64. The number of nitrogens with zero attached hydrogens (tertiary/aromatic N) is 2. The van der Waals surface area contributed by atoms with Gasteiger partial charge in [-0.1, -0.05) is 43.4 Å². The zero-order valence-electron chi connectivity index (χ0n) is 18.1. The quantitative estimate of drug-likeness (QED) is 0.576. The molecule has 1 aliphatic heterocycles. The highest BCUT2D eigenvalue weighted by Crippen LogP contribution is 2.34. The molecule has 2 amide bonds. The van der Waals surface area contributed by atoms with Gasteiger partial charge in [0, 0.05) is 18.7 Å². The van der Waals surface area contributed by atoms with E-state index in [0.29, 0.717) is 18.3 Å². The van der Waals surface area contributed by atoms with E-state index < -0.39 is 5.92 Å². The average molecular weight is 438 g/mol. The fourth-order valence-electron chi connectivity index (χ4n) is 4.08. The number of nitrogens with one attached hydrogen (secondary N) is 1. The van der Waals surface area contributed by atoms with Crippen molar-refractivity contribution >= 4 is 44.2 Å². The molecule has 0 spiro atoms. The Labute approximate surface area is 186 Å². The Hall–Kier alpha value is -2.93. The fraction of sp³-hybridized carbons (Fsp3) is 0.375. The zero-order chi connectivity index (χ0) is 22.0. The molecule has 1 fully saturated rings. The van der Waals surface area contributed by atoms with Crippen LogP contribution in [0.3, 0.4) is 0 Å². The third-order valence-electron chi connectivity index (χ3n) is 5.63. The van der Waals surface area contributed by atoms with Crippen LogP contribution in [0.1, 0.15) is 38.3 Å². The van der Waals surface area contributed by atoms with E-state index in [1.165, 1.54) is 11.3 Å². The zero-order valence-corrected chi connectivity index (χ0v) is 18.9. The molecule has 3 aromatic rings. The highest BCUT2D eigenvalue weighted by molar-refractivity contribution is 7.22. The molecule has 0 saturated carbocycles. The predicted molar refractivity (Wildman–Crippen MR) is 125 cm³/mol. The lowest BCUT2D eigenvalue weighted by Gasteiger charge is -2.23. The third-order valence-corrected chi connectivity index (χ3v) is 6.57. The number of thiazole rings is 1. The summed E-state index contributed by atoms with van der Waals surface area (Å²) < 4.78 is 6.49. The molecular formula is C24H27N3O3S. The SMILES string of the molecule is CCOc1ccc2nc(NC(=O)C3CC(=O)N(c4c(CC)cccc4CC)C3)sc2c1. The van der Waals surface area contributed by atoms with E-state index in [4.69, 9.17) is 4.74 Å². The minimum absolute atomic E-state index is 0.00130. The Kier molecular flexibility index (Phi) is 6.23. The molecule has 0 radical (unpaired) electrons. The van der Waals surface area contributed by atoms with Gasteiger partial charge in [0.2, 0.25) is 11.8 Å². The number of aromatic nitrogens is 1. The maximum Gasteiger partial charge on any atom is 0.231 e. The summed E-state index contributed by atoms with van der Waals surface area (Å²) >= 11 is 1.41. The van der Waals surface area contributed by atoms with Gasteiger partial charge in [0.15, 0.2) is 5.13 Å². The minimum atomic E-state index is -0.395. The molecule has 0 aliphatic carbocycles. The van der Waals surface area contributed by atoms with E-state index in [1.807, 2.05) is 31.2 Å². The largest absolute Gasteiger partial charge is 0.494 e. The van der Waals surface area contributed by atoms with Crippen molar-refractivity contribution < 1.29 is 14.3 Å². The number of ether oxygens (including phenoxy) is 1. The van der Waals surface area contributed by atoms with Crippen LogP contribution >= 0.6 is 11.3 Å². The van der Waals surface area contributed by atoms with Crippen LogP contribution in [-0.4, -0.2) is 29.9 Å². The van der Waals surface area contributed by atoms with Gasteiger partial charge in [0.25, 0.3) is 0 Å². The lowest BCUT2D eigenvalue weighted by molar-refractivity contribution is -0.122. The number of amides is 2. The highest BCUT2D eigenvalue weighted by Gasteiger charge is 2.36. The number of benzene rings is 2. The van der Waals surface area contributed by atoms with E-state index in [9.17, 15) is 9.59 Å². The van der Waals surface area contributed by atoms with Crippen molar-refractivity contribution in [2.45, 2.75) is 40.0 Å².